The SMILES string of the molecule is COc1c(NN)ncnc1Oc1ccc2cccnc2c1. The quantitative estimate of drug-likeness (QED) is 0.559. The van der Waals surface area contributed by atoms with Gasteiger partial charge in [-0.25, -0.2) is 10.8 Å². The molecule has 0 radical (unpaired) electrons. The molecule has 7 nitrogen and oxygen atoms in total. The zero-order valence-corrected chi connectivity index (χ0v) is 11.3. The summed E-state index contributed by atoms with van der Waals surface area (Å²) in [5.41, 5.74) is 3.27. The number of pyridine rings is 1. The van der Waals surface area contributed by atoms with Gasteiger partial charge in [-0.15, -0.1) is 0 Å². The Labute approximate surface area is 120 Å². The molecule has 0 aliphatic rings. The van der Waals surface area contributed by atoms with E-state index in [0.717, 1.165) is 10.9 Å². The van der Waals surface area contributed by atoms with Crippen molar-refractivity contribution in [3.8, 4) is 17.4 Å². The maximum atomic E-state index is 5.74. The van der Waals surface area contributed by atoms with Crippen molar-refractivity contribution in [3.05, 3.63) is 42.9 Å². The molecule has 3 aromatic rings. The van der Waals surface area contributed by atoms with Gasteiger partial charge in [0, 0.05) is 17.6 Å². The number of nitrogens with one attached hydrogen (secondary N) is 1. The van der Waals surface area contributed by atoms with Crippen molar-refractivity contribution in [2.24, 2.45) is 5.84 Å². The van der Waals surface area contributed by atoms with Crippen LogP contribution in [0.25, 0.3) is 10.9 Å². The normalized spacial score (nSPS) is 10.4. The van der Waals surface area contributed by atoms with E-state index in [4.69, 9.17) is 15.3 Å². The molecular formula is C14H13N5O2. The molecule has 3 rings (SSSR count). The second-order valence-electron chi connectivity index (χ2n) is 4.16. The number of hydrogen-bond acceptors (Lipinski definition) is 7. The van der Waals surface area contributed by atoms with Crippen molar-refractivity contribution in [1.29, 1.82) is 0 Å². The molecule has 0 aliphatic heterocycles. The summed E-state index contributed by atoms with van der Waals surface area (Å²) in [7, 11) is 1.49. The summed E-state index contributed by atoms with van der Waals surface area (Å²) in [5.74, 6) is 6.93. The molecular weight excluding hydrogens is 270 g/mol. The lowest BCUT2D eigenvalue weighted by Crippen LogP contribution is -2.10. The largest absolute Gasteiger partial charge is 0.489 e. The fourth-order valence-electron chi connectivity index (χ4n) is 1.94. The van der Waals surface area contributed by atoms with Gasteiger partial charge >= 0.3 is 0 Å². The molecule has 0 aliphatic carbocycles. The molecule has 0 fully saturated rings. The van der Waals surface area contributed by atoms with E-state index in [1.807, 2.05) is 30.3 Å². The number of fused-ring (bicyclic) bond motifs is 1. The number of methoxy groups -OCH3 is 1. The minimum atomic E-state index is 0.274. The minimum Gasteiger partial charge on any atom is -0.489 e. The van der Waals surface area contributed by atoms with Gasteiger partial charge in [-0.05, 0) is 18.2 Å². The Morgan fingerprint density at radius 3 is 2.86 bits per heavy atom. The Balaban J connectivity index is 1.98. The molecule has 0 spiro atoms. The Morgan fingerprint density at radius 1 is 1.14 bits per heavy atom. The summed E-state index contributed by atoms with van der Waals surface area (Å²) in [6, 6.07) is 9.45. The molecule has 0 atom stereocenters. The number of nitrogens with zero attached hydrogens (tertiary/aromatic N) is 3. The van der Waals surface area contributed by atoms with Crippen LogP contribution in [0.5, 0.6) is 17.4 Å². The van der Waals surface area contributed by atoms with Crippen molar-refractivity contribution in [3.63, 3.8) is 0 Å². The zero-order valence-electron chi connectivity index (χ0n) is 11.3. The molecule has 2 heterocycles. The number of aromatic nitrogens is 3. The van der Waals surface area contributed by atoms with Gasteiger partial charge in [0.1, 0.15) is 12.1 Å². The van der Waals surface area contributed by atoms with Crippen LogP contribution >= 0.6 is 0 Å². The van der Waals surface area contributed by atoms with Gasteiger partial charge in [0.05, 0.1) is 12.6 Å². The van der Waals surface area contributed by atoms with Gasteiger partial charge in [-0.2, -0.15) is 4.98 Å². The van der Waals surface area contributed by atoms with E-state index in [2.05, 4.69) is 20.4 Å². The molecule has 0 saturated carbocycles. The van der Waals surface area contributed by atoms with Crippen LogP contribution in [0, 0.1) is 0 Å². The molecule has 3 N–H and O–H groups in total. The summed E-state index contributed by atoms with van der Waals surface area (Å²) in [4.78, 5) is 12.3. The van der Waals surface area contributed by atoms with Crippen molar-refractivity contribution in [2.45, 2.75) is 0 Å². The van der Waals surface area contributed by atoms with E-state index in [0.29, 0.717) is 17.3 Å². The van der Waals surface area contributed by atoms with Gasteiger partial charge in [0.2, 0.25) is 5.75 Å². The third-order valence-electron chi connectivity index (χ3n) is 2.90. The molecule has 0 amide bonds. The molecule has 7 heteroatoms. The first-order valence-electron chi connectivity index (χ1n) is 6.20. The number of anilines is 1. The Bertz CT molecular complexity index is 778. The number of ether oxygens (including phenoxy) is 2. The van der Waals surface area contributed by atoms with Crippen LogP contribution < -0.4 is 20.7 Å². The molecule has 1 aromatic carbocycles. The average Bonchev–Trinajstić information content (AvgIpc) is 2.54. The standard InChI is InChI=1S/C14H13N5O2/c1-20-12-13(19-15)17-8-18-14(12)21-10-5-4-9-3-2-6-16-11(9)7-10/h2-8H,15H2,1H3,(H,17,18,19). The molecule has 0 unspecified atom stereocenters. The second kappa shape index (κ2) is 5.59. The third-order valence-corrected chi connectivity index (χ3v) is 2.90. The fourth-order valence-corrected chi connectivity index (χ4v) is 1.94. The molecule has 0 saturated heterocycles. The third kappa shape index (κ3) is 2.54. The highest BCUT2D eigenvalue weighted by Crippen LogP contribution is 2.34. The average molecular weight is 283 g/mol. The first-order chi connectivity index (χ1) is 10.3. The van der Waals surface area contributed by atoms with Gasteiger partial charge < -0.3 is 14.9 Å². The summed E-state index contributed by atoms with van der Waals surface area (Å²) >= 11 is 0. The fraction of sp³-hybridized carbons (Fsp3) is 0.0714. The number of rotatable bonds is 4. The van der Waals surface area contributed by atoms with Gasteiger partial charge in [-0.3, -0.25) is 4.98 Å². The topological polar surface area (TPSA) is 95.2 Å². The van der Waals surface area contributed by atoms with E-state index in [1.165, 1.54) is 13.4 Å². The Kier molecular flexibility index (Phi) is 3.48. The lowest BCUT2D eigenvalue weighted by atomic mass is 10.2. The first kappa shape index (κ1) is 13.1. The van der Waals surface area contributed by atoms with Gasteiger partial charge in [0.25, 0.3) is 5.88 Å². The highest BCUT2D eigenvalue weighted by molar-refractivity contribution is 5.79. The van der Waals surface area contributed by atoms with Crippen LogP contribution in [0.15, 0.2) is 42.9 Å². The number of benzene rings is 1. The maximum absolute atomic E-state index is 5.74. The smallest absolute Gasteiger partial charge is 0.268 e. The lowest BCUT2D eigenvalue weighted by Gasteiger charge is -2.11. The molecule has 2 aromatic heterocycles. The molecule has 106 valence electrons. The molecule has 0 bridgehead atoms. The van der Waals surface area contributed by atoms with Crippen molar-refractivity contribution in [1.82, 2.24) is 15.0 Å². The first-order valence-corrected chi connectivity index (χ1v) is 6.20. The van der Waals surface area contributed by atoms with Crippen molar-refractivity contribution >= 4 is 16.7 Å². The number of hydrazine groups is 1. The van der Waals surface area contributed by atoms with Crippen LogP contribution in [0.3, 0.4) is 0 Å². The number of nitrogens with two attached hydrogens (primary N) is 1. The zero-order chi connectivity index (χ0) is 14.7. The summed E-state index contributed by atoms with van der Waals surface area (Å²) in [6.07, 6.45) is 3.07. The Morgan fingerprint density at radius 2 is 2.05 bits per heavy atom. The van der Waals surface area contributed by atoms with Crippen LogP contribution in [0.1, 0.15) is 0 Å². The van der Waals surface area contributed by atoms with E-state index >= 15 is 0 Å². The van der Waals surface area contributed by atoms with E-state index in [9.17, 15) is 0 Å². The predicted molar refractivity (Wildman–Crippen MR) is 78.2 cm³/mol. The minimum absolute atomic E-state index is 0.274. The van der Waals surface area contributed by atoms with Crippen molar-refractivity contribution < 1.29 is 9.47 Å². The van der Waals surface area contributed by atoms with Crippen LogP contribution in [-0.4, -0.2) is 22.1 Å². The number of hydrogen-bond donors (Lipinski definition) is 2. The lowest BCUT2D eigenvalue weighted by molar-refractivity contribution is 0.369. The second-order valence-corrected chi connectivity index (χ2v) is 4.16. The van der Waals surface area contributed by atoms with E-state index in [1.54, 1.807) is 6.20 Å². The highest BCUT2D eigenvalue weighted by Gasteiger charge is 2.13. The van der Waals surface area contributed by atoms with E-state index in [-0.39, 0.29) is 5.88 Å². The monoisotopic (exact) mass is 283 g/mol. The van der Waals surface area contributed by atoms with Crippen LogP contribution in [-0.2, 0) is 0 Å². The van der Waals surface area contributed by atoms with E-state index < -0.39 is 0 Å². The van der Waals surface area contributed by atoms with Crippen LogP contribution in [0.2, 0.25) is 0 Å². The maximum Gasteiger partial charge on any atom is 0.268 e. The highest BCUT2D eigenvalue weighted by atomic mass is 16.5. The Hall–Kier alpha value is -2.93. The summed E-state index contributed by atoms with van der Waals surface area (Å²) in [5, 5.41) is 1.03. The summed E-state index contributed by atoms with van der Waals surface area (Å²) < 4.78 is 11.0. The van der Waals surface area contributed by atoms with Crippen molar-refractivity contribution in [2.75, 3.05) is 12.5 Å². The molecule has 21 heavy (non-hydrogen) atoms. The van der Waals surface area contributed by atoms with Gasteiger partial charge in [0.15, 0.2) is 5.82 Å². The van der Waals surface area contributed by atoms with Crippen LogP contribution in [0.4, 0.5) is 5.82 Å². The number of nitrogen functional groups attached to an aromatic ring is 1. The summed E-state index contributed by atoms with van der Waals surface area (Å²) in [6.45, 7) is 0. The van der Waals surface area contributed by atoms with Gasteiger partial charge in [-0.1, -0.05) is 6.07 Å². The predicted octanol–water partition coefficient (Wildman–Crippen LogP) is 2.11.